The molecule has 0 saturated heterocycles. The van der Waals surface area contributed by atoms with E-state index in [0.29, 0.717) is 0 Å². The van der Waals surface area contributed by atoms with Crippen molar-refractivity contribution in [2.45, 2.75) is 20.0 Å². The van der Waals surface area contributed by atoms with Gasteiger partial charge in [0.05, 0.1) is 0 Å². The third kappa shape index (κ3) is 3.24. The van der Waals surface area contributed by atoms with E-state index in [1.165, 1.54) is 0 Å². The monoisotopic (exact) mass is 147 g/mol. The molecule has 0 spiro atoms. The van der Waals surface area contributed by atoms with E-state index < -0.39 is 0 Å². The summed E-state index contributed by atoms with van der Waals surface area (Å²) >= 11 is 0. The molecule has 0 unspecified atom stereocenters. The van der Waals surface area contributed by atoms with Gasteiger partial charge in [0.25, 0.3) is 0 Å². The molecule has 0 aliphatic rings. The third-order valence-electron chi connectivity index (χ3n) is 1.28. The van der Waals surface area contributed by atoms with Gasteiger partial charge in [-0.15, -0.1) is 0 Å². The molecule has 11 heavy (non-hydrogen) atoms. The van der Waals surface area contributed by atoms with E-state index in [0.717, 1.165) is 5.46 Å². The standard InChI is InChI=1S/C9H12BO/c1-8(2)11-10-9-6-4-3-5-7-9/h3-8H,1-2H3. The summed E-state index contributed by atoms with van der Waals surface area (Å²) in [6.45, 7) is 4.03. The molecular formula is C9H12BO. The van der Waals surface area contributed by atoms with Gasteiger partial charge in [-0.25, -0.2) is 0 Å². The number of hydrogen-bond donors (Lipinski definition) is 0. The van der Waals surface area contributed by atoms with E-state index >= 15 is 0 Å². The smallest absolute Gasteiger partial charge is 0.330 e. The zero-order valence-corrected chi connectivity index (χ0v) is 6.95. The molecule has 1 radical (unpaired) electrons. The van der Waals surface area contributed by atoms with Gasteiger partial charge in [0.1, 0.15) is 0 Å². The van der Waals surface area contributed by atoms with Crippen molar-refractivity contribution in [1.29, 1.82) is 0 Å². The van der Waals surface area contributed by atoms with Crippen molar-refractivity contribution in [3.05, 3.63) is 30.3 Å². The summed E-state index contributed by atoms with van der Waals surface area (Å²) in [6, 6.07) is 10.0. The van der Waals surface area contributed by atoms with Gasteiger partial charge in [-0.2, -0.15) is 0 Å². The third-order valence-corrected chi connectivity index (χ3v) is 1.28. The minimum Gasteiger partial charge on any atom is -0.432 e. The maximum absolute atomic E-state index is 5.30. The van der Waals surface area contributed by atoms with Crippen LogP contribution in [0.4, 0.5) is 0 Å². The number of hydrogen-bond acceptors (Lipinski definition) is 1. The molecule has 0 N–H and O–H groups in total. The van der Waals surface area contributed by atoms with Crippen LogP contribution in [0.2, 0.25) is 0 Å². The Bertz CT molecular complexity index is 196. The van der Waals surface area contributed by atoms with Crippen LogP contribution in [0.5, 0.6) is 0 Å². The van der Waals surface area contributed by atoms with Gasteiger partial charge >= 0.3 is 7.48 Å². The minimum absolute atomic E-state index is 0.259. The van der Waals surface area contributed by atoms with E-state index in [-0.39, 0.29) is 6.10 Å². The lowest BCUT2D eigenvalue weighted by Crippen LogP contribution is -2.20. The van der Waals surface area contributed by atoms with Crippen molar-refractivity contribution < 1.29 is 4.65 Å². The quantitative estimate of drug-likeness (QED) is 0.586. The van der Waals surface area contributed by atoms with Gasteiger partial charge in [0.15, 0.2) is 0 Å². The SMILES string of the molecule is CC(C)O[B]c1ccccc1. The minimum atomic E-state index is 0.259. The predicted octanol–water partition coefficient (Wildman–Crippen LogP) is 1.36. The second kappa shape index (κ2) is 4.19. The van der Waals surface area contributed by atoms with Gasteiger partial charge in [-0.3, -0.25) is 0 Å². The van der Waals surface area contributed by atoms with Crippen LogP contribution in [0.25, 0.3) is 0 Å². The Balaban J connectivity index is 2.39. The Kier molecular flexibility index (Phi) is 3.18. The van der Waals surface area contributed by atoms with Crippen LogP contribution in [0, 0.1) is 0 Å². The van der Waals surface area contributed by atoms with Gasteiger partial charge < -0.3 is 4.65 Å². The summed E-state index contributed by atoms with van der Waals surface area (Å²) < 4.78 is 5.30. The van der Waals surface area contributed by atoms with Crippen molar-refractivity contribution in [2.24, 2.45) is 0 Å². The highest BCUT2D eigenvalue weighted by molar-refractivity contribution is 6.46. The molecule has 0 atom stereocenters. The Morgan fingerprint density at radius 2 is 1.82 bits per heavy atom. The summed E-state index contributed by atoms with van der Waals surface area (Å²) in [6.07, 6.45) is 0.259. The molecule has 0 heterocycles. The summed E-state index contributed by atoms with van der Waals surface area (Å²) in [7, 11) is 1.78. The Hall–Kier alpha value is -0.755. The van der Waals surface area contributed by atoms with Crippen molar-refractivity contribution in [3.63, 3.8) is 0 Å². The molecule has 0 aliphatic heterocycles. The lowest BCUT2D eigenvalue weighted by atomic mass is 9.88. The van der Waals surface area contributed by atoms with Crippen molar-refractivity contribution in [2.75, 3.05) is 0 Å². The Morgan fingerprint density at radius 3 is 2.36 bits per heavy atom. The zero-order chi connectivity index (χ0) is 8.10. The summed E-state index contributed by atoms with van der Waals surface area (Å²) in [5.41, 5.74) is 1.11. The number of rotatable bonds is 3. The van der Waals surface area contributed by atoms with Crippen molar-refractivity contribution >= 4 is 12.9 Å². The van der Waals surface area contributed by atoms with Gasteiger partial charge in [-0.1, -0.05) is 35.8 Å². The fourth-order valence-corrected chi connectivity index (χ4v) is 0.746. The molecule has 0 saturated carbocycles. The molecule has 1 nitrogen and oxygen atoms in total. The van der Waals surface area contributed by atoms with E-state index in [2.05, 4.69) is 0 Å². The van der Waals surface area contributed by atoms with Crippen LogP contribution in [0.3, 0.4) is 0 Å². The van der Waals surface area contributed by atoms with Crippen LogP contribution in [0.1, 0.15) is 13.8 Å². The zero-order valence-electron chi connectivity index (χ0n) is 6.95. The highest BCUT2D eigenvalue weighted by Gasteiger charge is 1.97. The molecular weight excluding hydrogens is 135 g/mol. The molecule has 0 bridgehead atoms. The van der Waals surface area contributed by atoms with Crippen LogP contribution >= 0.6 is 0 Å². The van der Waals surface area contributed by atoms with Crippen molar-refractivity contribution in [3.8, 4) is 0 Å². The van der Waals surface area contributed by atoms with Gasteiger partial charge in [0, 0.05) is 6.10 Å². The van der Waals surface area contributed by atoms with E-state index in [9.17, 15) is 0 Å². The van der Waals surface area contributed by atoms with E-state index in [4.69, 9.17) is 4.65 Å². The first kappa shape index (κ1) is 8.34. The Morgan fingerprint density at radius 1 is 1.18 bits per heavy atom. The molecule has 57 valence electrons. The molecule has 0 aliphatic carbocycles. The first-order valence-corrected chi connectivity index (χ1v) is 3.83. The average Bonchev–Trinajstić information content (AvgIpc) is 2.03. The second-order valence-electron chi connectivity index (χ2n) is 2.71. The van der Waals surface area contributed by atoms with Gasteiger partial charge in [-0.05, 0) is 13.8 Å². The summed E-state index contributed by atoms with van der Waals surface area (Å²) in [5, 5.41) is 0. The van der Waals surface area contributed by atoms with E-state index in [1.54, 1.807) is 7.48 Å². The molecule has 0 fully saturated rings. The van der Waals surface area contributed by atoms with Crippen LogP contribution in [-0.4, -0.2) is 13.6 Å². The molecule has 1 aromatic rings. The second-order valence-corrected chi connectivity index (χ2v) is 2.71. The lowest BCUT2D eigenvalue weighted by Gasteiger charge is -2.04. The predicted molar refractivity (Wildman–Crippen MR) is 48.1 cm³/mol. The highest BCUT2D eigenvalue weighted by Crippen LogP contribution is 1.86. The highest BCUT2D eigenvalue weighted by atomic mass is 16.4. The molecule has 1 rings (SSSR count). The Labute approximate surface area is 68.7 Å². The van der Waals surface area contributed by atoms with Crippen LogP contribution in [-0.2, 0) is 4.65 Å². The van der Waals surface area contributed by atoms with Crippen molar-refractivity contribution in [1.82, 2.24) is 0 Å². The fourth-order valence-electron chi connectivity index (χ4n) is 0.746. The first-order chi connectivity index (χ1) is 5.29. The van der Waals surface area contributed by atoms with Crippen LogP contribution < -0.4 is 5.46 Å². The summed E-state index contributed by atoms with van der Waals surface area (Å²) in [4.78, 5) is 0. The summed E-state index contributed by atoms with van der Waals surface area (Å²) in [5.74, 6) is 0. The molecule has 0 aromatic heterocycles. The topological polar surface area (TPSA) is 9.23 Å². The normalized spacial score (nSPS) is 10.1. The maximum Gasteiger partial charge on any atom is 0.330 e. The first-order valence-electron chi connectivity index (χ1n) is 3.83. The lowest BCUT2D eigenvalue weighted by molar-refractivity contribution is 0.260. The van der Waals surface area contributed by atoms with E-state index in [1.807, 2.05) is 44.2 Å². The molecule has 0 amide bonds. The largest absolute Gasteiger partial charge is 0.432 e. The van der Waals surface area contributed by atoms with Gasteiger partial charge in [0.2, 0.25) is 0 Å². The average molecular weight is 147 g/mol. The maximum atomic E-state index is 5.30. The molecule has 2 heteroatoms. The number of benzene rings is 1. The fraction of sp³-hybridized carbons (Fsp3) is 0.333. The van der Waals surface area contributed by atoms with Crippen LogP contribution in [0.15, 0.2) is 30.3 Å². The molecule has 1 aromatic carbocycles.